The third-order valence-corrected chi connectivity index (χ3v) is 3.97. The molecule has 0 amide bonds. The van der Waals surface area contributed by atoms with E-state index in [0.29, 0.717) is 12.8 Å². The van der Waals surface area contributed by atoms with Crippen molar-refractivity contribution in [1.82, 2.24) is 9.55 Å². The Morgan fingerprint density at radius 2 is 2.25 bits per heavy atom. The first-order valence-electron chi connectivity index (χ1n) is 5.64. The van der Waals surface area contributed by atoms with E-state index in [1.165, 1.54) is 10.8 Å². The number of aromatic nitrogens is 2. The molecule has 1 aromatic rings. The maximum absolute atomic E-state index is 11.8. The van der Waals surface area contributed by atoms with Gasteiger partial charge >= 0.3 is 13.9 Å². The second kappa shape index (κ2) is 6.17. The van der Waals surface area contributed by atoms with E-state index in [0.717, 1.165) is 0 Å². The Morgan fingerprint density at radius 3 is 2.90 bits per heavy atom. The smallest absolute Gasteiger partial charge is 0.352 e. The molecular weight excluding hydrogens is 331 g/mol. The van der Waals surface area contributed by atoms with E-state index in [2.05, 4.69) is 9.51 Å². The summed E-state index contributed by atoms with van der Waals surface area (Å²) >= 11 is 10.7. The summed E-state index contributed by atoms with van der Waals surface area (Å²) in [7, 11) is -4.27. The maximum Gasteiger partial charge on any atom is 0.567 e. The number of rotatable bonds is 4. The average molecular weight is 344 g/mol. The number of aromatic amines is 1. The molecule has 2 heterocycles. The van der Waals surface area contributed by atoms with Gasteiger partial charge in [-0.05, 0) is 12.8 Å². The Bertz CT molecular complexity index is 599. The van der Waals surface area contributed by atoms with Gasteiger partial charge < -0.3 is 4.74 Å². The molecule has 1 aliphatic rings. The van der Waals surface area contributed by atoms with Crippen LogP contribution >= 0.6 is 32.0 Å². The highest BCUT2D eigenvalue weighted by Crippen LogP contribution is 2.46. The van der Waals surface area contributed by atoms with Crippen molar-refractivity contribution in [3.05, 3.63) is 26.3 Å². The van der Waals surface area contributed by atoms with Crippen LogP contribution in [-0.2, 0) is 9.26 Å². The van der Waals surface area contributed by atoms with Crippen molar-refractivity contribution < 1.29 is 23.9 Å². The summed E-state index contributed by atoms with van der Waals surface area (Å²) in [5.41, 5.74) is -0.445. The topological polar surface area (TPSA) is 117 Å². The van der Waals surface area contributed by atoms with Crippen LogP contribution in [0.5, 0.6) is 0 Å². The molecule has 0 bridgehead atoms. The first-order chi connectivity index (χ1) is 9.26. The van der Waals surface area contributed by atoms with E-state index >= 15 is 0 Å². The Morgan fingerprint density at radius 1 is 1.55 bits per heavy atom. The molecule has 0 aromatic carbocycles. The number of nitrogens with one attached hydrogen (secondary N) is 1. The number of halogens is 1. The van der Waals surface area contributed by atoms with Crippen molar-refractivity contribution in [2.24, 2.45) is 0 Å². The molecule has 0 saturated carbocycles. The highest BCUT2D eigenvalue weighted by molar-refractivity contribution is 7.71. The molecule has 1 aliphatic heterocycles. The van der Waals surface area contributed by atoms with Crippen LogP contribution in [-0.4, -0.2) is 36.9 Å². The number of hydrogen-bond acceptors (Lipinski definition) is 7. The van der Waals surface area contributed by atoms with Gasteiger partial charge in [-0.25, -0.2) is 4.79 Å². The Balaban J connectivity index is 2.05. The van der Waals surface area contributed by atoms with E-state index in [1.54, 1.807) is 0 Å². The highest BCUT2D eigenvalue weighted by atomic mass is 35.5. The minimum absolute atomic E-state index is 0.154. The lowest BCUT2D eigenvalue weighted by Gasteiger charge is -2.15. The van der Waals surface area contributed by atoms with Crippen molar-refractivity contribution in [2.75, 3.05) is 6.61 Å². The summed E-state index contributed by atoms with van der Waals surface area (Å²) in [4.78, 5) is 40.4. The van der Waals surface area contributed by atoms with Crippen LogP contribution in [0, 0.1) is 4.64 Å². The van der Waals surface area contributed by atoms with Crippen LogP contribution in [0.3, 0.4) is 0 Å². The molecule has 2 unspecified atom stereocenters. The summed E-state index contributed by atoms with van der Waals surface area (Å²) in [6, 6.07) is 0. The van der Waals surface area contributed by atoms with Crippen LogP contribution in [0.15, 0.2) is 11.0 Å². The Labute approximate surface area is 124 Å². The summed E-state index contributed by atoms with van der Waals surface area (Å²) in [5.74, 6) is 0. The van der Waals surface area contributed by atoms with E-state index in [4.69, 9.17) is 43.2 Å². The quantitative estimate of drug-likeness (QED) is 0.474. The third kappa shape index (κ3) is 4.06. The van der Waals surface area contributed by atoms with Crippen molar-refractivity contribution in [1.29, 1.82) is 0 Å². The Kier molecular flexibility index (Phi) is 4.93. The van der Waals surface area contributed by atoms with Gasteiger partial charge in [-0.15, -0.1) is 0 Å². The minimum Gasteiger partial charge on any atom is -0.352 e. The van der Waals surface area contributed by atoms with Crippen LogP contribution < -0.4 is 5.69 Å². The van der Waals surface area contributed by atoms with E-state index in [1.807, 2.05) is 0 Å². The van der Waals surface area contributed by atoms with Crippen molar-refractivity contribution >= 4 is 32.0 Å². The number of hydrogen-bond donors (Lipinski definition) is 4. The van der Waals surface area contributed by atoms with Gasteiger partial charge in [-0.1, -0.05) is 23.8 Å². The SMILES string of the molecule is O=c1[nH]c(=S)c(Cl)cn1C1CCC(CO[P+](O)(O)O)O1. The van der Waals surface area contributed by atoms with E-state index < -0.39 is 26.2 Å². The van der Waals surface area contributed by atoms with Crippen molar-refractivity contribution in [3.8, 4) is 0 Å². The largest absolute Gasteiger partial charge is 0.567 e. The molecule has 1 saturated heterocycles. The molecule has 8 nitrogen and oxygen atoms in total. The summed E-state index contributed by atoms with van der Waals surface area (Å²) in [6.45, 7) is -0.181. The highest BCUT2D eigenvalue weighted by Gasteiger charge is 2.37. The summed E-state index contributed by atoms with van der Waals surface area (Å²) in [6.07, 6.45) is 1.43. The molecule has 0 aliphatic carbocycles. The van der Waals surface area contributed by atoms with Gasteiger partial charge in [-0.2, -0.15) is 19.2 Å². The third-order valence-electron chi connectivity index (χ3n) is 2.75. The molecule has 112 valence electrons. The monoisotopic (exact) mass is 343 g/mol. The first kappa shape index (κ1) is 16.0. The lowest BCUT2D eigenvalue weighted by molar-refractivity contribution is -0.0271. The fourth-order valence-corrected chi connectivity index (χ4v) is 2.53. The van der Waals surface area contributed by atoms with Crippen LogP contribution in [0.1, 0.15) is 19.1 Å². The van der Waals surface area contributed by atoms with Crippen LogP contribution in [0.4, 0.5) is 0 Å². The lowest BCUT2D eigenvalue weighted by atomic mass is 10.2. The molecule has 0 spiro atoms. The zero-order valence-corrected chi connectivity index (χ0v) is 12.6. The molecule has 0 radical (unpaired) electrons. The maximum atomic E-state index is 11.8. The van der Waals surface area contributed by atoms with Crippen molar-refractivity contribution in [2.45, 2.75) is 25.2 Å². The standard InChI is InChI=1S/C9H12ClN2O6PS/c10-6-3-12(9(13)11-8(6)20)7-2-1-5(18-7)4-17-19(14,15)16/h3,5,7,14-16H,1-2,4H2/p+1. The van der Waals surface area contributed by atoms with Gasteiger partial charge in [0.2, 0.25) is 0 Å². The molecule has 20 heavy (non-hydrogen) atoms. The van der Waals surface area contributed by atoms with Gasteiger partial charge in [0, 0.05) is 6.20 Å². The second-order valence-corrected chi connectivity index (χ2v) is 6.34. The normalized spacial score (nSPS) is 23.2. The molecule has 2 atom stereocenters. The zero-order valence-electron chi connectivity index (χ0n) is 10.1. The van der Waals surface area contributed by atoms with Gasteiger partial charge in [0.1, 0.15) is 17.5 Å². The fraction of sp³-hybridized carbons (Fsp3) is 0.556. The summed E-state index contributed by atoms with van der Waals surface area (Å²) < 4.78 is 11.4. The number of H-pyrrole nitrogens is 1. The summed E-state index contributed by atoms with van der Waals surface area (Å²) in [5, 5.41) is 0.230. The lowest BCUT2D eigenvalue weighted by Crippen LogP contribution is -2.27. The van der Waals surface area contributed by atoms with Gasteiger partial charge in [0.25, 0.3) is 0 Å². The molecule has 11 heteroatoms. The fourth-order valence-electron chi connectivity index (χ4n) is 1.87. The molecule has 1 aromatic heterocycles. The van der Waals surface area contributed by atoms with E-state index in [9.17, 15) is 4.79 Å². The van der Waals surface area contributed by atoms with E-state index in [-0.39, 0.29) is 16.3 Å². The van der Waals surface area contributed by atoms with Crippen LogP contribution in [0.25, 0.3) is 0 Å². The number of ether oxygens (including phenoxy) is 1. The second-order valence-electron chi connectivity index (χ2n) is 4.24. The van der Waals surface area contributed by atoms with Gasteiger partial charge in [-0.3, -0.25) is 9.55 Å². The Hall–Kier alpha value is -0.380. The molecule has 1 fully saturated rings. The minimum atomic E-state index is -4.27. The van der Waals surface area contributed by atoms with Gasteiger partial charge in [0.05, 0.1) is 11.1 Å². The number of nitrogens with zero attached hydrogens (tertiary/aromatic N) is 1. The van der Waals surface area contributed by atoms with Gasteiger partial charge in [0.15, 0.2) is 0 Å². The molecular formula is C9H13ClN2O6PS+. The molecule has 2 rings (SSSR count). The predicted molar refractivity (Wildman–Crippen MR) is 73.6 cm³/mol. The van der Waals surface area contributed by atoms with Crippen LogP contribution in [0.2, 0.25) is 5.02 Å². The average Bonchev–Trinajstić information content (AvgIpc) is 2.79. The first-order valence-corrected chi connectivity index (χ1v) is 7.99. The predicted octanol–water partition coefficient (Wildman–Crippen LogP) is 0.908. The van der Waals surface area contributed by atoms with Crippen molar-refractivity contribution in [3.63, 3.8) is 0 Å². The molecule has 4 N–H and O–H groups in total. The zero-order chi connectivity index (χ0) is 14.9.